The first-order valence-electron chi connectivity index (χ1n) is 4.52. The molecule has 0 saturated carbocycles. The zero-order valence-corrected chi connectivity index (χ0v) is 12.3. The van der Waals surface area contributed by atoms with Gasteiger partial charge in [-0.3, -0.25) is 0 Å². The van der Waals surface area contributed by atoms with Crippen molar-refractivity contribution >= 4 is 46.8 Å². The van der Waals surface area contributed by atoms with E-state index in [9.17, 15) is 9.59 Å². The third-order valence-corrected chi connectivity index (χ3v) is 5.42. The van der Waals surface area contributed by atoms with Gasteiger partial charge in [-0.2, -0.15) is 0 Å². The highest BCUT2D eigenvalue weighted by atomic mass is 32.2. The minimum atomic E-state index is -0.508. The van der Waals surface area contributed by atoms with Crippen LogP contribution in [0, 0.1) is 0 Å². The molecule has 4 nitrogen and oxygen atoms in total. The minimum absolute atomic E-state index is 0.307. The first-order valence-corrected chi connectivity index (χ1v) is 7.78. The Morgan fingerprint density at radius 2 is 1.29 bits per heavy atom. The summed E-state index contributed by atoms with van der Waals surface area (Å²) in [7, 11) is 2.59. The van der Waals surface area contributed by atoms with Gasteiger partial charge in [0.1, 0.15) is 0 Å². The number of esters is 2. The van der Waals surface area contributed by atoms with Gasteiger partial charge in [0.2, 0.25) is 0 Å². The predicted molar refractivity (Wildman–Crippen MR) is 70.6 cm³/mol. The summed E-state index contributed by atoms with van der Waals surface area (Å²) in [5, 5.41) is 0. The van der Waals surface area contributed by atoms with Crippen LogP contribution in [0.15, 0.2) is 8.42 Å². The minimum Gasteiger partial charge on any atom is -0.465 e. The van der Waals surface area contributed by atoms with Gasteiger partial charge < -0.3 is 9.47 Å². The van der Waals surface area contributed by atoms with Crippen LogP contribution in [0.3, 0.4) is 0 Å². The number of thioether (sulfide) groups is 2. The number of carbonyl (C=O) groups excluding carboxylic acids is 2. The van der Waals surface area contributed by atoms with Crippen LogP contribution in [0.4, 0.5) is 0 Å². The van der Waals surface area contributed by atoms with E-state index in [4.69, 9.17) is 9.47 Å². The lowest BCUT2D eigenvalue weighted by atomic mass is 10.2. The maximum atomic E-state index is 11.7. The van der Waals surface area contributed by atoms with Crippen LogP contribution in [0.2, 0.25) is 0 Å². The lowest BCUT2D eigenvalue weighted by Gasteiger charge is -2.03. The Balaban J connectivity index is 3.45. The smallest absolute Gasteiger partial charge is 0.340 e. The zero-order chi connectivity index (χ0) is 13.0. The molecule has 0 saturated heterocycles. The van der Waals surface area contributed by atoms with E-state index in [0.29, 0.717) is 11.1 Å². The second-order valence-electron chi connectivity index (χ2n) is 2.82. The Morgan fingerprint density at radius 3 is 1.53 bits per heavy atom. The van der Waals surface area contributed by atoms with E-state index in [0.717, 1.165) is 8.42 Å². The third-order valence-electron chi connectivity index (χ3n) is 1.99. The van der Waals surface area contributed by atoms with E-state index in [1.54, 1.807) is 0 Å². The van der Waals surface area contributed by atoms with E-state index in [1.807, 2.05) is 12.5 Å². The Kier molecular flexibility index (Phi) is 5.35. The second-order valence-corrected chi connectivity index (χ2v) is 5.99. The van der Waals surface area contributed by atoms with E-state index in [1.165, 1.54) is 49.1 Å². The molecule has 0 unspecified atom stereocenters. The molecule has 0 bridgehead atoms. The van der Waals surface area contributed by atoms with Crippen molar-refractivity contribution in [1.82, 2.24) is 0 Å². The molecule has 0 atom stereocenters. The molecule has 7 heteroatoms. The van der Waals surface area contributed by atoms with Gasteiger partial charge in [-0.25, -0.2) is 9.59 Å². The number of carbonyl (C=O) groups is 2. The molecule has 0 fully saturated rings. The number of rotatable bonds is 4. The van der Waals surface area contributed by atoms with Gasteiger partial charge in [0.15, 0.2) is 0 Å². The summed E-state index contributed by atoms with van der Waals surface area (Å²) in [6.45, 7) is 0. The van der Waals surface area contributed by atoms with Crippen molar-refractivity contribution in [2.45, 2.75) is 8.42 Å². The summed E-state index contributed by atoms with van der Waals surface area (Å²) in [5.74, 6) is -1.02. The van der Waals surface area contributed by atoms with Crippen molar-refractivity contribution in [1.29, 1.82) is 0 Å². The Bertz CT molecular complexity index is 401. The average Bonchev–Trinajstić information content (AvgIpc) is 2.75. The number of thiophene rings is 1. The highest BCUT2D eigenvalue weighted by molar-refractivity contribution is 8.02. The number of ether oxygens (including phenoxy) is 2. The Labute approximate surface area is 112 Å². The normalized spacial score (nSPS) is 10.1. The number of methoxy groups -OCH3 is 2. The van der Waals surface area contributed by atoms with Gasteiger partial charge >= 0.3 is 11.9 Å². The molecule has 1 rings (SSSR count). The average molecular weight is 292 g/mol. The lowest BCUT2D eigenvalue weighted by Crippen LogP contribution is -2.10. The topological polar surface area (TPSA) is 52.6 Å². The molecular weight excluding hydrogens is 280 g/mol. The van der Waals surface area contributed by atoms with Crippen molar-refractivity contribution in [2.24, 2.45) is 0 Å². The summed E-state index contributed by atoms with van der Waals surface area (Å²) < 4.78 is 10.9. The molecule has 1 aromatic rings. The molecule has 17 heavy (non-hydrogen) atoms. The van der Waals surface area contributed by atoms with Crippen molar-refractivity contribution in [3.05, 3.63) is 11.1 Å². The van der Waals surface area contributed by atoms with Crippen molar-refractivity contribution in [3.63, 3.8) is 0 Å². The number of hydrogen-bond acceptors (Lipinski definition) is 7. The van der Waals surface area contributed by atoms with Crippen LogP contribution >= 0.6 is 34.9 Å². The van der Waals surface area contributed by atoms with Crippen molar-refractivity contribution in [3.8, 4) is 0 Å². The lowest BCUT2D eigenvalue weighted by molar-refractivity contribution is 0.0551. The van der Waals surface area contributed by atoms with Crippen LogP contribution < -0.4 is 0 Å². The summed E-state index contributed by atoms with van der Waals surface area (Å²) in [6.07, 6.45) is 3.70. The first kappa shape index (κ1) is 14.4. The van der Waals surface area contributed by atoms with Crippen LogP contribution in [-0.4, -0.2) is 38.7 Å². The highest BCUT2D eigenvalue weighted by Gasteiger charge is 2.28. The molecule has 0 aliphatic rings. The van der Waals surface area contributed by atoms with Gasteiger partial charge in [-0.05, 0) is 12.5 Å². The zero-order valence-electron chi connectivity index (χ0n) is 9.86. The van der Waals surface area contributed by atoms with E-state index in [-0.39, 0.29) is 0 Å². The summed E-state index contributed by atoms with van der Waals surface area (Å²) in [4.78, 5) is 23.4. The van der Waals surface area contributed by atoms with Crippen LogP contribution in [-0.2, 0) is 9.47 Å². The maximum Gasteiger partial charge on any atom is 0.340 e. The molecule has 0 N–H and O–H groups in total. The van der Waals surface area contributed by atoms with Gasteiger partial charge in [-0.15, -0.1) is 34.9 Å². The SMILES string of the molecule is COC(=O)c1c(SC)sc(SC)c1C(=O)OC. The predicted octanol–water partition coefficient (Wildman–Crippen LogP) is 2.77. The molecule has 1 aromatic heterocycles. The van der Waals surface area contributed by atoms with Crippen LogP contribution in [0.1, 0.15) is 20.7 Å². The molecule has 1 heterocycles. The fraction of sp³-hybridized carbons (Fsp3) is 0.400. The molecule has 0 amide bonds. The largest absolute Gasteiger partial charge is 0.465 e. The van der Waals surface area contributed by atoms with Crippen molar-refractivity contribution in [2.75, 3.05) is 26.7 Å². The maximum absolute atomic E-state index is 11.7. The first-order chi connectivity index (χ1) is 8.10. The molecule has 0 spiro atoms. The van der Waals surface area contributed by atoms with Gasteiger partial charge in [-0.1, -0.05) is 0 Å². The fourth-order valence-corrected chi connectivity index (χ4v) is 4.10. The van der Waals surface area contributed by atoms with Gasteiger partial charge in [0.05, 0.1) is 33.8 Å². The van der Waals surface area contributed by atoms with E-state index >= 15 is 0 Å². The molecule has 0 radical (unpaired) electrons. The van der Waals surface area contributed by atoms with E-state index < -0.39 is 11.9 Å². The van der Waals surface area contributed by atoms with Crippen LogP contribution in [0.25, 0.3) is 0 Å². The van der Waals surface area contributed by atoms with Gasteiger partial charge in [0.25, 0.3) is 0 Å². The number of hydrogen-bond donors (Lipinski definition) is 0. The summed E-state index contributed by atoms with van der Waals surface area (Å²) in [6, 6.07) is 0. The standard InChI is InChI=1S/C10H12O4S3/c1-13-7(11)5-6(8(12)14-2)10(16-4)17-9(5)15-3/h1-4H3. The molecule has 0 aliphatic heterocycles. The molecular formula is C10H12O4S3. The van der Waals surface area contributed by atoms with Gasteiger partial charge in [0, 0.05) is 0 Å². The summed E-state index contributed by atoms with van der Waals surface area (Å²) >= 11 is 4.23. The fourth-order valence-electron chi connectivity index (χ4n) is 1.25. The summed E-state index contributed by atoms with van der Waals surface area (Å²) in [5.41, 5.74) is 0.613. The molecule has 0 aromatic carbocycles. The Morgan fingerprint density at radius 1 is 0.941 bits per heavy atom. The third kappa shape index (κ3) is 2.78. The molecule has 94 valence electrons. The quantitative estimate of drug-likeness (QED) is 0.628. The molecule has 0 aliphatic carbocycles. The highest BCUT2D eigenvalue weighted by Crippen LogP contribution is 2.40. The van der Waals surface area contributed by atoms with Crippen LogP contribution in [0.5, 0.6) is 0 Å². The second kappa shape index (κ2) is 6.32. The monoisotopic (exact) mass is 292 g/mol. The van der Waals surface area contributed by atoms with Crippen molar-refractivity contribution < 1.29 is 19.1 Å². The van der Waals surface area contributed by atoms with E-state index in [2.05, 4.69) is 0 Å². The Hall–Kier alpha value is -0.660.